The van der Waals surface area contributed by atoms with Crippen LogP contribution in [0.4, 0.5) is 5.95 Å². The number of aromatic nitrogens is 2. The third-order valence-electron chi connectivity index (χ3n) is 2.43. The van der Waals surface area contributed by atoms with E-state index in [0.29, 0.717) is 11.8 Å². The Bertz CT molecular complexity index is 399. The largest absolute Gasteiger partial charge is 0.378 e. The van der Waals surface area contributed by atoms with E-state index in [1.807, 2.05) is 6.92 Å². The molecule has 1 aromatic heterocycles. The first-order valence-corrected chi connectivity index (χ1v) is 5.44. The van der Waals surface area contributed by atoms with Crippen LogP contribution in [0.1, 0.15) is 13.3 Å². The predicted molar refractivity (Wildman–Crippen MR) is 59.2 cm³/mol. The molecule has 0 bridgehead atoms. The molecule has 1 aromatic rings. The van der Waals surface area contributed by atoms with Crippen molar-refractivity contribution in [2.45, 2.75) is 19.4 Å². The highest BCUT2D eigenvalue weighted by Gasteiger charge is 2.28. The minimum Gasteiger partial charge on any atom is -0.378 e. The minimum atomic E-state index is -0.127. The van der Waals surface area contributed by atoms with Crippen LogP contribution in [-0.4, -0.2) is 28.6 Å². The third kappa shape index (κ3) is 2.68. The molecule has 2 unspecified atom stereocenters. The second-order valence-corrected chi connectivity index (χ2v) is 4.16. The van der Waals surface area contributed by atoms with Gasteiger partial charge in [0.15, 0.2) is 0 Å². The molecule has 1 N–H and O–H groups in total. The van der Waals surface area contributed by atoms with Crippen LogP contribution in [0.25, 0.3) is 0 Å². The Morgan fingerprint density at radius 2 is 2.50 bits per heavy atom. The standard InChI is InChI=1S/C10H12ClN3O2/c1-6-4-7(5-16-6)9(15)14-10-12-3-2-8(11)13-10/h2-3,6-7H,4-5H2,1H3,(H,12,13,14,15). The molecule has 1 saturated heterocycles. The Morgan fingerprint density at radius 1 is 1.69 bits per heavy atom. The molecular weight excluding hydrogens is 230 g/mol. The maximum Gasteiger partial charge on any atom is 0.232 e. The van der Waals surface area contributed by atoms with Crippen molar-refractivity contribution in [2.24, 2.45) is 5.92 Å². The summed E-state index contributed by atoms with van der Waals surface area (Å²) in [4.78, 5) is 19.5. The van der Waals surface area contributed by atoms with E-state index in [2.05, 4.69) is 15.3 Å². The van der Waals surface area contributed by atoms with Crippen molar-refractivity contribution < 1.29 is 9.53 Å². The first-order valence-electron chi connectivity index (χ1n) is 5.06. The molecule has 2 rings (SSSR count). The normalized spacial score (nSPS) is 24.4. The van der Waals surface area contributed by atoms with Gasteiger partial charge in [-0.15, -0.1) is 0 Å². The molecule has 86 valence electrons. The van der Waals surface area contributed by atoms with Gasteiger partial charge in [0.05, 0.1) is 18.6 Å². The molecule has 2 atom stereocenters. The monoisotopic (exact) mass is 241 g/mol. The lowest BCUT2D eigenvalue weighted by molar-refractivity contribution is -0.119. The molecule has 6 heteroatoms. The summed E-state index contributed by atoms with van der Waals surface area (Å²) in [5.74, 6) is -0.0127. The number of rotatable bonds is 2. The highest BCUT2D eigenvalue weighted by atomic mass is 35.5. The van der Waals surface area contributed by atoms with E-state index >= 15 is 0 Å². The molecule has 1 fully saturated rings. The van der Waals surface area contributed by atoms with Crippen molar-refractivity contribution in [1.82, 2.24) is 9.97 Å². The summed E-state index contributed by atoms with van der Waals surface area (Å²) >= 11 is 5.68. The van der Waals surface area contributed by atoms with E-state index in [0.717, 1.165) is 6.42 Å². The van der Waals surface area contributed by atoms with Gasteiger partial charge in [-0.2, -0.15) is 0 Å². The lowest BCUT2D eigenvalue weighted by Crippen LogP contribution is -2.24. The van der Waals surface area contributed by atoms with E-state index in [9.17, 15) is 4.79 Å². The maximum absolute atomic E-state index is 11.8. The Balaban J connectivity index is 1.97. The van der Waals surface area contributed by atoms with E-state index in [-0.39, 0.29) is 23.9 Å². The quantitative estimate of drug-likeness (QED) is 0.797. The number of hydrogen-bond acceptors (Lipinski definition) is 4. The van der Waals surface area contributed by atoms with E-state index in [1.165, 1.54) is 6.20 Å². The fourth-order valence-electron chi connectivity index (χ4n) is 1.61. The second kappa shape index (κ2) is 4.76. The van der Waals surface area contributed by atoms with Crippen LogP contribution < -0.4 is 5.32 Å². The number of halogens is 1. The second-order valence-electron chi connectivity index (χ2n) is 3.77. The summed E-state index contributed by atoms with van der Waals surface area (Å²) in [5, 5.41) is 2.93. The third-order valence-corrected chi connectivity index (χ3v) is 2.64. The number of hydrogen-bond donors (Lipinski definition) is 1. The lowest BCUT2D eigenvalue weighted by atomic mass is 10.1. The van der Waals surface area contributed by atoms with Gasteiger partial charge < -0.3 is 4.74 Å². The van der Waals surface area contributed by atoms with Crippen molar-refractivity contribution in [2.75, 3.05) is 11.9 Å². The van der Waals surface area contributed by atoms with Crippen LogP contribution in [0, 0.1) is 5.92 Å². The number of amides is 1. The summed E-state index contributed by atoms with van der Waals surface area (Å²) in [6.45, 7) is 2.40. The van der Waals surface area contributed by atoms with Gasteiger partial charge in [0, 0.05) is 6.20 Å². The summed E-state index contributed by atoms with van der Waals surface area (Å²) in [7, 11) is 0. The number of nitrogens with zero attached hydrogens (tertiary/aromatic N) is 2. The summed E-state index contributed by atoms with van der Waals surface area (Å²) in [6, 6.07) is 1.55. The van der Waals surface area contributed by atoms with Crippen molar-refractivity contribution in [3.63, 3.8) is 0 Å². The Hall–Kier alpha value is -1.20. The van der Waals surface area contributed by atoms with Gasteiger partial charge in [-0.05, 0) is 19.4 Å². The Kier molecular flexibility index (Phi) is 3.36. The number of carbonyl (C=O) groups excluding carboxylic acids is 1. The van der Waals surface area contributed by atoms with Crippen LogP contribution in [-0.2, 0) is 9.53 Å². The Labute approximate surface area is 98.2 Å². The van der Waals surface area contributed by atoms with Crippen LogP contribution in [0.2, 0.25) is 5.15 Å². The molecule has 5 nitrogen and oxygen atoms in total. The first-order chi connectivity index (χ1) is 7.65. The number of anilines is 1. The molecule has 0 aliphatic carbocycles. The van der Waals surface area contributed by atoms with Gasteiger partial charge in [0.25, 0.3) is 0 Å². The maximum atomic E-state index is 11.8. The molecular formula is C10H12ClN3O2. The molecule has 0 aromatic carbocycles. The number of ether oxygens (including phenoxy) is 1. The molecule has 16 heavy (non-hydrogen) atoms. The van der Waals surface area contributed by atoms with Crippen molar-refractivity contribution >= 4 is 23.5 Å². The molecule has 1 amide bonds. The van der Waals surface area contributed by atoms with Crippen LogP contribution in [0.3, 0.4) is 0 Å². The highest BCUT2D eigenvalue weighted by molar-refractivity contribution is 6.29. The van der Waals surface area contributed by atoms with Gasteiger partial charge in [-0.1, -0.05) is 11.6 Å². The molecule has 1 aliphatic rings. The number of nitrogens with one attached hydrogen (secondary N) is 1. The fraction of sp³-hybridized carbons (Fsp3) is 0.500. The van der Waals surface area contributed by atoms with E-state index in [4.69, 9.17) is 16.3 Å². The minimum absolute atomic E-state index is 0.119. The first kappa shape index (κ1) is 11.3. The Morgan fingerprint density at radius 3 is 3.12 bits per heavy atom. The highest BCUT2D eigenvalue weighted by Crippen LogP contribution is 2.20. The van der Waals surface area contributed by atoms with Crippen molar-refractivity contribution in [3.8, 4) is 0 Å². The van der Waals surface area contributed by atoms with Crippen LogP contribution in [0.15, 0.2) is 12.3 Å². The zero-order chi connectivity index (χ0) is 11.5. The van der Waals surface area contributed by atoms with Crippen molar-refractivity contribution in [1.29, 1.82) is 0 Å². The average molecular weight is 242 g/mol. The molecule has 0 saturated carbocycles. The van der Waals surface area contributed by atoms with Gasteiger partial charge in [-0.3, -0.25) is 10.1 Å². The summed E-state index contributed by atoms with van der Waals surface area (Å²) in [5.41, 5.74) is 0. The van der Waals surface area contributed by atoms with Crippen molar-refractivity contribution in [3.05, 3.63) is 17.4 Å². The van der Waals surface area contributed by atoms with Crippen LogP contribution in [0.5, 0.6) is 0 Å². The molecule has 0 radical (unpaired) electrons. The lowest BCUT2D eigenvalue weighted by Gasteiger charge is -2.07. The summed E-state index contributed by atoms with van der Waals surface area (Å²) < 4.78 is 5.32. The summed E-state index contributed by atoms with van der Waals surface area (Å²) in [6.07, 6.45) is 2.36. The number of carbonyl (C=O) groups is 1. The fourth-order valence-corrected chi connectivity index (χ4v) is 1.75. The topological polar surface area (TPSA) is 64.1 Å². The smallest absolute Gasteiger partial charge is 0.232 e. The molecule has 2 heterocycles. The zero-order valence-corrected chi connectivity index (χ0v) is 9.57. The molecule has 0 spiro atoms. The predicted octanol–water partition coefficient (Wildman–Crippen LogP) is 1.49. The van der Waals surface area contributed by atoms with Gasteiger partial charge in [-0.25, -0.2) is 9.97 Å². The van der Waals surface area contributed by atoms with Gasteiger partial charge in [0.1, 0.15) is 5.15 Å². The van der Waals surface area contributed by atoms with E-state index < -0.39 is 0 Å². The van der Waals surface area contributed by atoms with E-state index in [1.54, 1.807) is 6.07 Å². The molecule has 1 aliphatic heterocycles. The zero-order valence-electron chi connectivity index (χ0n) is 8.81. The van der Waals surface area contributed by atoms with Gasteiger partial charge >= 0.3 is 0 Å². The van der Waals surface area contributed by atoms with Gasteiger partial charge in [0.2, 0.25) is 11.9 Å². The van der Waals surface area contributed by atoms with Crippen LogP contribution >= 0.6 is 11.6 Å². The average Bonchev–Trinajstić information content (AvgIpc) is 2.65. The SMILES string of the molecule is CC1CC(C(=O)Nc2nccc(Cl)n2)CO1.